The number of hydrogen-bond donors (Lipinski definition) is 3. The number of alkyl halides is 3. The van der Waals surface area contributed by atoms with Gasteiger partial charge in [-0.2, -0.15) is 13.2 Å². The van der Waals surface area contributed by atoms with E-state index in [1.54, 1.807) is 0 Å². The van der Waals surface area contributed by atoms with E-state index in [2.05, 4.69) is 9.97 Å². The monoisotopic (exact) mass is 279 g/mol. The van der Waals surface area contributed by atoms with E-state index in [9.17, 15) is 27.6 Å². The van der Waals surface area contributed by atoms with Gasteiger partial charge < -0.3 is 15.4 Å². The molecule has 1 unspecified atom stereocenters. The van der Waals surface area contributed by atoms with Crippen molar-refractivity contribution in [3.05, 3.63) is 28.4 Å². The quantitative estimate of drug-likeness (QED) is 0.684. The zero-order valence-corrected chi connectivity index (χ0v) is 9.19. The largest absolute Gasteiger partial charge is 0.480 e. The number of carbonyl (C=O) groups is 2. The molecule has 1 amide bonds. The first-order valence-electron chi connectivity index (χ1n) is 4.84. The van der Waals surface area contributed by atoms with E-state index < -0.39 is 36.1 Å². The normalized spacial score (nSPS) is 12.8. The molecule has 104 valence electrons. The molecule has 3 N–H and O–H groups in total. The maximum absolute atomic E-state index is 12.0. The van der Waals surface area contributed by atoms with E-state index in [1.165, 1.54) is 5.32 Å². The lowest BCUT2D eigenvalue weighted by Gasteiger charge is -2.15. The number of aromatic amines is 1. The number of hydrogen-bond acceptors (Lipinski definition) is 4. The van der Waals surface area contributed by atoms with Crippen LogP contribution >= 0.6 is 0 Å². The number of carboxylic acids is 1. The second-order valence-electron chi connectivity index (χ2n) is 3.47. The number of halogens is 3. The number of aliphatic carboxylic acids is 1. The summed E-state index contributed by atoms with van der Waals surface area (Å²) in [6.45, 7) is 0. The number of H-pyrrole nitrogens is 1. The van der Waals surface area contributed by atoms with Crippen LogP contribution in [0.4, 0.5) is 13.2 Å². The van der Waals surface area contributed by atoms with Gasteiger partial charge in [-0.15, -0.1) is 0 Å². The summed E-state index contributed by atoms with van der Waals surface area (Å²) in [6.07, 6.45) is -4.75. The fraction of sp³-hybridized carbons (Fsp3) is 0.333. The van der Waals surface area contributed by atoms with Gasteiger partial charge >= 0.3 is 18.1 Å². The summed E-state index contributed by atoms with van der Waals surface area (Å²) in [5.41, 5.74) is -0.644. The van der Waals surface area contributed by atoms with Gasteiger partial charge in [-0.3, -0.25) is 9.59 Å². The number of carbonyl (C=O) groups excluding carboxylic acids is 1. The first-order chi connectivity index (χ1) is 8.70. The minimum atomic E-state index is -5.19. The fourth-order valence-electron chi connectivity index (χ4n) is 1.17. The summed E-state index contributed by atoms with van der Waals surface area (Å²) in [6, 6.07) is -0.904. The van der Waals surface area contributed by atoms with E-state index in [0.29, 0.717) is 0 Å². The van der Waals surface area contributed by atoms with E-state index in [1.807, 2.05) is 0 Å². The Morgan fingerprint density at radius 2 is 2.11 bits per heavy atom. The third kappa shape index (κ3) is 4.41. The number of carboxylic acid groups (broad SMARTS) is 1. The van der Waals surface area contributed by atoms with E-state index in [0.717, 1.165) is 12.4 Å². The lowest BCUT2D eigenvalue weighted by molar-refractivity contribution is -0.175. The Balaban J connectivity index is 2.83. The van der Waals surface area contributed by atoms with Crippen LogP contribution in [0.2, 0.25) is 0 Å². The van der Waals surface area contributed by atoms with E-state index >= 15 is 0 Å². The molecule has 1 atom stereocenters. The van der Waals surface area contributed by atoms with Crippen LogP contribution in [0, 0.1) is 0 Å². The molecule has 0 aliphatic carbocycles. The number of rotatable bonds is 4. The highest BCUT2D eigenvalue weighted by atomic mass is 19.4. The molecular formula is C9H8F3N3O4. The molecule has 1 aromatic heterocycles. The Morgan fingerprint density at radius 1 is 1.47 bits per heavy atom. The third-order valence-corrected chi connectivity index (χ3v) is 2.01. The molecule has 1 heterocycles. The molecule has 0 aromatic carbocycles. The molecule has 0 spiro atoms. The number of aromatic nitrogens is 2. The average molecular weight is 279 g/mol. The third-order valence-electron chi connectivity index (χ3n) is 2.01. The van der Waals surface area contributed by atoms with Gasteiger partial charge in [0.15, 0.2) is 0 Å². The fourth-order valence-corrected chi connectivity index (χ4v) is 1.17. The lowest BCUT2D eigenvalue weighted by Crippen LogP contribution is -2.48. The number of nitrogens with zero attached hydrogens (tertiary/aromatic N) is 1. The Labute approximate surface area is 103 Å². The topological polar surface area (TPSA) is 112 Å². The predicted octanol–water partition coefficient (Wildman–Crippen LogP) is -0.556. The molecule has 0 aliphatic heterocycles. The molecule has 1 aromatic rings. The molecule has 1 rings (SSSR count). The summed E-state index contributed by atoms with van der Waals surface area (Å²) in [4.78, 5) is 38.1. The highest BCUT2D eigenvalue weighted by Gasteiger charge is 2.40. The van der Waals surface area contributed by atoms with Crippen LogP contribution in [-0.4, -0.2) is 39.2 Å². The maximum Gasteiger partial charge on any atom is 0.471 e. The van der Waals surface area contributed by atoms with Gasteiger partial charge in [0, 0.05) is 12.5 Å². The average Bonchev–Trinajstić information content (AvgIpc) is 2.26. The maximum atomic E-state index is 12.0. The molecule has 7 nitrogen and oxygen atoms in total. The first-order valence-corrected chi connectivity index (χ1v) is 4.84. The van der Waals surface area contributed by atoms with Crippen LogP contribution < -0.4 is 10.9 Å². The molecule has 0 saturated heterocycles. The minimum Gasteiger partial charge on any atom is -0.480 e. The van der Waals surface area contributed by atoms with Crippen molar-refractivity contribution in [2.24, 2.45) is 0 Å². The van der Waals surface area contributed by atoms with Crippen molar-refractivity contribution >= 4 is 11.9 Å². The van der Waals surface area contributed by atoms with Crippen LogP contribution in [0.5, 0.6) is 0 Å². The SMILES string of the molecule is O=C(O)C(Cc1cc(=O)[nH]cn1)NC(=O)C(F)(F)F. The van der Waals surface area contributed by atoms with Crippen molar-refractivity contribution in [1.29, 1.82) is 0 Å². The molecule has 0 fully saturated rings. The van der Waals surface area contributed by atoms with Gasteiger partial charge in [0.25, 0.3) is 5.56 Å². The van der Waals surface area contributed by atoms with Crippen molar-refractivity contribution in [2.75, 3.05) is 0 Å². The molecule has 0 saturated carbocycles. The highest BCUT2D eigenvalue weighted by Crippen LogP contribution is 2.14. The van der Waals surface area contributed by atoms with Gasteiger partial charge in [-0.25, -0.2) is 9.78 Å². The Morgan fingerprint density at radius 3 is 2.58 bits per heavy atom. The van der Waals surface area contributed by atoms with Crippen LogP contribution in [0.1, 0.15) is 5.69 Å². The summed E-state index contributed by atoms with van der Waals surface area (Å²) in [5, 5.41) is 10.0. The minimum absolute atomic E-state index is 0.0568. The second kappa shape index (κ2) is 5.50. The van der Waals surface area contributed by atoms with Crippen LogP contribution in [-0.2, 0) is 16.0 Å². The van der Waals surface area contributed by atoms with Gasteiger partial charge in [0.2, 0.25) is 0 Å². The van der Waals surface area contributed by atoms with Gasteiger partial charge in [-0.1, -0.05) is 0 Å². The second-order valence-corrected chi connectivity index (χ2v) is 3.47. The smallest absolute Gasteiger partial charge is 0.471 e. The molecule has 0 bridgehead atoms. The zero-order chi connectivity index (χ0) is 14.6. The standard InChI is InChI=1S/C9H8F3N3O4/c10-9(11,12)8(19)15-5(7(17)18)1-4-2-6(16)14-3-13-4/h2-3,5H,1H2,(H,15,19)(H,17,18)(H,13,14,16). The summed E-state index contributed by atoms with van der Waals surface area (Å²) in [5.74, 6) is -4.04. The highest BCUT2D eigenvalue weighted by molar-refractivity contribution is 5.87. The number of nitrogens with one attached hydrogen (secondary N) is 2. The summed E-state index contributed by atoms with van der Waals surface area (Å²) in [7, 11) is 0. The van der Waals surface area contributed by atoms with Crippen molar-refractivity contribution in [2.45, 2.75) is 18.6 Å². The Bertz CT molecular complexity index is 540. The molecule has 10 heteroatoms. The molecule has 19 heavy (non-hydrogen) atoms. The van der Waals surface area contributed by atoms with Crippen LogP contribution in [0.3, 0.4) is 0 Å². The summed E-state index contributed by atoms with van der Waals surface area (Å²) < 4.78 is 36.0. The Hall–Kier alpha value is -2.39. The lowest BCUT2D eigenvalue weighted by atomic mass is 10.1. The van der Waals surface area contributed by atoms with Crippen LogP contribution in [0.25, 0.3) is 0 Å². The molecule has 0 aliphatic rings. The molecular weight excluding hydrogens is 271 g/mol. The van der Waals surface area contributed by atoms with Gasteiger partial charge in [-0.05, 0) is 0 Å². The zero-order valence-electron chi connectivity index (χ0n) is 9.19. The number of amides is 1. The van der Waals surface area contributed by atoms with Gasteiger partial charge in [0.1, 0.15) is 6.04 Å². The van der Waals surface area contributed by atoms with Crippen molar-refractivity contribution in [3.8, 4) is 0 Å². The molecule has 0 radical (unpaired) electrons. The summed E-state index contributed by atoms with van der Waals surface area (Å²) >= 11 is 0. The van der Waals surface area contributed by atoms with E-state index in [-0.39, 0.29) is 5.69 Å². The Kier molecular flexibility index (Phi) is 4.25. The van der Waals surface area contributed by atoms with Crippen molar-refractivity contribution in [1.82, 2.24) is 15.3 Å². The van der Waals surface area contributed by atoms with Crippen molar-refractivity contribution in [3.63, 3.8) is 0 Å². The van der Waals surface area contributed by atoms with Crippen LogP contribution in [0.15, 0.2) is 17.2 Å². The van der Waals surface area contributed by atoms with Crippen molar-refractivity contribution < 1.29 is 27.9 Å². The predicted molar refractivity (Wildman–Crippen MR) is 54.2 cm³/mol. The van der Waals surface area contributed by atoms with E-state index in [4.69, 9.17) is 5.11 Å². The first kappa shape index (κ1) is 14.7. The van der Waals surface area contributed by atoms with Gasteiger partial charge in [0.05, 0.1) is 12.0 Å².